The van der Waals surface area contributed by atoms with Crippen molar-refractivity contribution in [2.24, 2.45) is 5.73 Å². The maximum absolute atomic E-state index is 6.07. The van der Waals surface area contributed by atoms with Crippen LogP contribution >= 0.6 is 27.3 Å². The number of hydrogen-bond acceptors (Lipinski definition) is 2. The molecule has 0 aliphatic carbocycles. The maximum Gasteiger partial charge on any atom is 0.0731 e. The number of aryl methyl sites for hydroxylation is 1. The zero-order valence-electron chi connectivity index (χ0n) is 8.42. The highest BCUT2D eigenvalue weighted by Gasteiger charge is 2.10. The van der Waals surface area contributed by atoms with Crippen LogP contribution in [0.4, 0.5) is 0 Å². The standard InChI is InChI=1S/C11H16BrNS/c1-3-4-5-6-9(13)10-7-8(2)11(12)14-10/h3,7,9H,1,4-6,13H2,2H3. The van der Waals surface area contributed by atoms with Crippen molar-refractivity contribution in [1.82, 2.24) is 0 Å². The van der Waals surface area contributed by atoms with E-state index in [2.05, 4.69) is 35.5 Å². The molecule has 3 heteroatoms. The third kappa shape index (κ3) is 3.23. The molecule has 1 rings (SSSR count). The van der Waals surface area contributed by atoms with Crippen molar-refractivity contribution in [1.29, 1.82) is 0 Å². The molecule has 14 heavy (non-hydrogen) atoms. The molecule has 1 aromatic heterocycles. The summed E-state index contributed by atoms with van der Waals surface area (Å²) in [6.45, 7) is 5.80. The molecular weight excluding hydrogens is 258 g/mol. The van der Waals surface area contributed by atoms with Gasteiger partial charge in [0.05, 0.1) is 3.79 Å². The fourth-order valence-corrected chi connectivity index (χ4v) is 2.90. The summed E-state index contributed by atoms with van der Waals surface area (Å²) in [5.41, 5.74) is 7.35. The van der Waals surface area contributed by atoms with Crippen LogP contribution in [0.5, 0.6) is 0 Å². The molecule has 0 saturated heterocycles. The monoisotopic (exact) mass is 273 g/mol. The van der Waals surface area contributed by atoms with Crippen molar-refractivity contribution in [3.05, 3.63) is 32.9 Å². The molecule has 1 atom stereocenters. The van der Waals surface area contributed by atoms with Gasteiger partial charge in [0, 0.05) is 10.9 Å². The molecule has 78 valence electrons. The van der Waals surface area contributed by atoms with Gasteiger partial charge in [0.25, 0.3) is 0 Å². The zero-order chi connectivity index (χ0) is 10.6. The molecule has 1 heterocycles. The Balaban J connectivity index is 2.51. The van der Waals surface area contributed by atoms with Gasteiger partial charge >= 0.3 is 0 Å². The van der Waals surface area contributed by atoms with E-state index in [0.717, 1.165) is 19.3 Å². The summed E-state index contributed by atoms with van der Waals surface area (Å²) < 4.78 is 1.20. The molecule has 2 N–H and O–H groups in total. The quantitative estimate of drug-likeness (QED) is 0.632. The first-order chi connectivity index (χ1) is 6.65. The van der Waals surface area contributed by atoms with Crippen LogP contribution in [0.25, 0.3) is 0 Å². The van der Waals surface area contributed by atoms with Gasteiger partial charge in [-0.05, 0) is 53.7 Å². The van der Waals surface area contributed by atoms with Crippen LogP contribution < -0.4 is 5.73 Å². The molecule has 0 aliphatic heterocycles. The van der Waals surface area contributed by atoms with Crippen molar-refractivity contribution < 1.29 is 0 Å². The Morgan fingerprint density at radius 2 is 2.43 bits per heavy atom. The SMILES string of the molecule is C=CCCCC(N)c1cc(C)c(Br)s1. The lowest BCUT2D eigenvalue weighted by molar-refractivity contribution is 0.626. The molecular formula is C11H16BrNS. The lowest BCUT2D eigenvalue weighted by atomic mass is 10.1. The Morgan fingerprint density at radius 3 is 2.93 bits per heavy atom. The summed E-state index contributed by atoms with van der Waals surface area (Å²) in [7, 11) is 0. The van der Waals surface area contributed by atoms with Gasteiger partial charge in [-0.1, -0.05) is 6.08 Å². The maximum atomic E-state index is 6.07. The third-order valence-electron chi connectivity index (χ3n) is 2.17. The van der Waals surface area contributed by atoms with Gasteiger partial charge in [0.1, 0.15) is 0 Å². The third-order valence-corrected chi connectivity index (χ3v) is 4.43. The average Bonchev–Trinajstić information content (AvgIpc) is 2.47. The van der Waals surface area contributed by atoms with Crippen LogP contribution in [0, 0.1) is 6.92 Å². The molecule has 0 saturated carbocycles. The minimum atomic E-state index is 0.185. The summed E-state index contributed by atoms with van der Waals surface area (Å²) in [6.07, 6.45) is 5.17. The summed E-state index contributed by atoms with van der Waals surface area (Å²) in [4.78, 5) is 1.28. The van der Waals surface area contributed by atoms with E-state index in [1.54, 1.807) is 11.3 Å². The Hall–Kier alpha value is -0.120. The van der Waals surface area contributed by atoms with E-state index in [4.69, 9.17) is 5.73 Å². The van der Waals surface area contributed by atoms with Gasteiger partial charge in [0.15, 0.2) is 0 Å². The number of nitrogens with two attached hydrogens (primary N) is 1. The molecule has 1 aromatic rings. The molecule has 0 fully saturated rings. The van der Waals surface area contributed by atoms with Gasteiger partial charge < -0.3 is 5.73 Å². The molecule has 1 nitrogen and oxygen atoms in total. The van der Waals surface area contributed by atoms with Crippen molar-refractivity contribution in [3.8, 4) is 0 Å². The first kappa shape index (κ1) is 12.0. The summed E-state index contributed by atoms with van der Waals surface area (Å²) in [5.74, 6) is 0. The van der Waals surface area contributed by atoms with Crippen molar-refractivity contribution in [3.63, 3.8) is 0 Å². The van der Waals surface area contributed by atoms with Crippen molar-refractivity contribution in [2.75, 3.05) is 0 Å². The summed E-state index contributed by atoms with van der Waals surface area (Å²) >= 11 is 5.26. The van der Waals surface area contributed by atoms with E-state index >= 15 is 0 Å². The minimum Gasteiger partial charge on any atom is -0.323 e. The smallest absolute Gasteiger partial charge is 0.0731 e. The fraction of sp³-hybridized carbons (Fsp3) is 0.455. The number of thiophene rings is 1. The fourth-order valence-electron chi connectivity index (χ4n) is 1.29. The number of allylic oxidation sites excluding steroid dienone is 1. The van der Waals surface area contributed by atoms with E-state index < -0.39 is 0 Å². The van der Waals surface area contributed by atoms with Crippen LogP contribution in [0.15, 0.2) is 22.5 Å². The van der Waals surface area contributed by atoms with Crippen LogP contribution in [0.1, 0.15) is 35.7 Å². The Bertz CT molecular complexity index is 287. The Labute approximate surface area is 98.1 Å². The predicted molar refractivity (Wildman–Crippen MR) is 67.7 cm³/mol. The second-order valence-corrected chi connectivity index (χ2v) is 5.83. The lowest BCUT2D eigenvalue weighted by Crippen LogP contribution is -2.07. The number of hydrogen-bond donors (Lipinski definition) is 1. The van der Waals surface area contributed by atoms with Gasteiger partial charge in [-0.3, -0.25) is 0 Å². The minimum absolute atomic E-state index is 0.185. The van der Waals surface area contributed by atoms with Crippen molar-refractivity contribution in [2.45, 2.75) is 32.2 Å². The highest BCUT2D eigenvalue weighted by Crippen LogP contribution is 2.32. The highest BCUT2D eigenvalue weighted by molar-refractivity contribution is 9.11. The van der Waals surface area contributed by atoms with Crippen LogP contribution in [-0.4, -0.2) is 0 Å². The normalized spacial score (nSPS) is 12.8. The topological polar surface area (TPSA) is 26.0 Å². The first-order valence-electron chi connectivity index (χ1n) is 4.77. The van der Waals surface area contributed by atoms with Crippen molar-refractivity contribution >= 4 is 27.3 Å². The molecule has 0 bridgehead atoms. The van der Waals surface area contributed by atoms with Crippen LogP contribution in [0.3, 0.4) is 0 Å². The summed E-state index contributed by atoms with van der Waals surface area (Å²) in [6, 6.07) is 2.36. The van der Waals surface area contributed by atoms with E-state index in [-0.39, 0.29) is 6.04 Å². The van der Waals surface area contributed by atoms with E-state index in [1.165, 1.54) is 14.2 Å². The predicted octanol–water partition coefficient (Wildman–Crippen LogP) is 4.18. The number of halogens is 1. The Kier molecular flexibility index (Phi) is 4.85. The molecule has 0 radical (unpaired) electrons. The largest absolute Gasteiger partial charge is 0.323 e. The second kappa shape index (κ2) is 5.69. The van der Waals surface area contributed by atoms with Gasteiger partial charge in [-0.2, -0.15) is 0 Å². The highest BCUT2D eigenvalue weighted by atomic mass is 79.9. The summed E-state index contributed by atoms with van der Waals surface area (Å²) in [5, 5.41) is 0. The number of rotatable bonds is 5. The van der Waals surface area contributed by atoms with Gasteiger partial charge in [0.2, 0.25) is 0 Å². The van der Waals surface area contributed by atoms with Crippen LogP contribution in [0.2, 0.25) is 0 Å². The second-order valence-electron chi connectivity index (χ2n) is 3.43. The van der Waals surface area contributed by atoms with Gasteiger partial charge in [-0.25, -0.2) is 0 Å². The Morgan fingerprint density at radius 1 is 1.71 bits per heavy atom. The van der Waals surface area contributed by atoms with Gasteiger partial charge in [-0.15, -0.1) is 17.9 Å². The van der Waals surface area contributed by atoms with Crippen LogP contribution in [-0.2, 0) is 0 Å². The molecule has 1 unspecified atom stereocenters. The molecule has 0 aromatic carbocycles. The van der Waals surface area contributed by atoms with E-state index in [9.17, 15) is 0 Å². The molecule has 0 amide bonds. The average molecular weight is 274 g/mol. The van der Waals surface area contributed by atoms with E-state index in [0.29, 0.717) is 0 Å². The first-order valence-corrected chi connectivity index (χ1v) is 6.38. The number of unbranched alkanes of at least 4 members (excludes halogenated alkanes) is 1. The lowest BCUT2D eigenvalue weighted by Gasteiger charge is -2.07. The zero-order valence-corrected chi connectivity index (χ0v) is 10.8. The van der Waals surface area contributed by atoms with E-state index in [1.807, 2.05) is 6.08 Å². The molecule has 0 aliphatic rings. The molecule has 0 spiro atoms.